The molecule has 1 aromatic heterocycles. The minimum absolute atomic E-state index is 0.665. The molecule has 1 heterocycles. The predicted molar refractivity (Wildman–Crippen MR) is 62.8 cm³/mol. The molecule has 3 heteroatoms. The Labute approximate surface area is 94.3 Å². The van der Waals surface area contributed by atoms with Crippen LogP contribution in [-0.4, -0.2) is 10.2 Å². The molecule has 0 spiro atoms. The van der Waals surface area contributed by atoms with E-state index >= 15 is 0 Å². The largest absolute Gasteiger partial charge is 0.244 e. The lowest BCUT2D eigenvalue weighted by molar-refractivity contribution is 0.886. The number of aromatic nitrogens is 1. The lowest BCUT2D eigenvalue weighted by Gasteiger charge is -2.08. The fourth-order valence-electron chi connectivity index (χ4n) is 1.79. The summed E-state index contributed by atoms with van der Waals surface area (Å²) in [4.78, 5) is 4.08. The van der Waals surface area contributed by atoms with Crippen LogP contribution in [0.1, 0.15) is 31.2 Å². The fourth-order valence-corrected chi connectivity index (χ4v) is 3.37. The quantitative estimate of drug-likeness (QED) is 0.727. The van der Waals surface area contributed by atoms with Crippen LogP contribution >= 0.6 is 23.4 Å². The minimum Gasteiger partial charge on any atom is -0.244 e. The Bertz CT molecular complexity index is 297. The molecule has 0 amide bonds. The average Bonchev–Trinajstić information content (AvgIpc) is 2.69. The Balaban J connectivity index is 1.88. The summed E-state index contributed by atoms with van der Waals surface area (Å²) >= 11 is 8.01. The molecule has 2 rings (SSSR count). The van der Waals surface area contributed by atoms with E-state index in [4.69, 9.17) is 11.6 Å². The predicted octanol–water partition coefficient (Wildman–Crippen LogP) is 3.91. The van der Waals surface area contributed by atoms with Crippen molar-refractivity contribution >= 4 is 23.4 Å². The third kappa shape index (κ3) is 2.64. The van der Waals surface area contributed by atoms with Gasteiger partial charge in [-0.15, -0.1) is 0 Å². The van der Waals surface area contributed by atoms with Crippen molar-refractivity contribution in [3.63, 3.8) is 0 Å². The highest BCUT2D eigenvalue weighted by Crippen LogP contribution is 2.32. The molecule has 1 fully saturated rings. The molecule has 14 heavy (non-hydrogen) atoms. The molecule has 1 aliphatic rings. The van der Waals surface area contributed by atoms with Crippen LogP contribution in [0.3, 0.4) is 0 Å². The number of hydrogen-bond acceptors (Lipinski definition) is 2. The second kappa shape index (κ2) is 5.04. The van der Waals surface area contributed by atoms with E-state index in [-0.39, 0.29) is 0 Å². The van der Waals surface area contributed by atoms with Crippen LogP contribution in [0.5, 0.6) is 0 Å². The third-order valence-electron chi connectivity index (χ3n) is 2.61. The molecule has 0 unspecified atom stereocenters. The summed E-state index contributed by atoms with van der Waals surface area (Å²) in [6, 6.07) is 4.02. The number of pyridine rings is 1. The maximum Gasteiger partial charge on any atom is 0.133 e. The molecule has 1 aromatic rings. The molecule has 0 radical (unpaired) electrons. The van der Waals surface area contributed by atoms with E-state index in [0.29, 0.717) is 5.15 Å². The van der Waals surface area contributed by atoms with Gasteiger partial charge in [-0.2, -0.15) is 11.8 Å². The highest BCUT2D eigenvalue weighted by atomic mass is 35.5. The van der Waals surface area contributed by atoms with Crippen LogP contribution in [0.4, 0.5) is 0 Å². The Morgan fingerprint density at radius 1 is 1.43 bits per heavy atom. The maximum absolute atomic E-state index is 5.99. The van der Waals surface area contributed by atoms with E-state index in [1.807, 2.05) is 17.8 Å². The molecule has 1 aliphatic carbocycles. The van der Waals surface area contributed by atoms with Crippen molar-refractivity contribution in [1.82, 2.24) is 4.98 Å². The van der Waals surface area contributed by atoms with Gasteiger partial charge in [-0.1, -0.05) is 30.5 Å². The third-order valence-corrected chi connectivity index (χ3v) is 4.37. The van der Waals surface area contributed by atoms with Gasteiger partial charge in [-0.25, -0.2) is 4.98 Å². The molecule has 1 saturated carbocycles. The number of rotatable bonds is 3. The van der Waals surface area contributed by atoms with Crippen molar-refractivity contribution in [3.05, 3.63) is 29.0 Å². The molecule has 0 aliphatic heterocycles. The molecular weight excluding hydrogens is 214 g/mol. The fraction of sp³-hybridized carbons (Fsp3) is 0.545. The first kappa shape index (κ1) is 10.3. The summed E-state index contributed by atoms with van der Waals surface area (Å²) in [6.45, 7) is 0. The van der Waals surface area contributed by atoms with Crippen molar-refractivity contribution < 1.29 is 0 Å². The van der Waals surface area contributed by atoms with Crippen molar-refractivity contribution in [1.29, 1.82) is 0 Å². The Morgan fingerprint density at radius 3 is 2.93 bits per heavy atom. The Kier molecular flexibility index (Phi) is 3.71. The van der Waals surface area contributed by atoms with Gasteiger partial charge >= 0.3 is 0 Å². The monoisotopic (exact) mass is 227 g/mol. The topological polar surface area (TPSA) is 12.9 Å². The summed E-state index contributed by atoms with van der Waals surface area (Å²) < 4.78 is 0. The van der Waals surface area contributed by atoms with Crippen LogP contribution in [0, 0.1) is 0 Å². The van der Waals surface area contributed by atoms with Crippen molar-refractivity contribution in [2.75, 3.05) is 0 Å². The molecule has 0 N–H and O–H groups in total. The van der Waals surface area contributed by atoms with Crippen LogP contribution < -0.4 is 0 Å². The van der Waals surface area contributed by atoms with Crippen molar-refractivity contribution in [3.8, 4) is 0 Å². The first-order chi connectivity index (χ1) is 6.86. The molecule has 76 valence electrons. The van der Waals surface area contributed by atoms with Crippen LogP contribution in [0.2, 0.25) is 5.15 Å². The zero-order chi connectivity index (χ0) is 9.80. The zero-order valence-electron chi connectivity index (χ0n) is 8.08. The average molecular weight is 228 g/mol. The molecule has 0 aromatic carbocycles. The number of thioether (sulfide) groups is 1. The summed E-state index contributed by atoms with van der Waals surface area (Å²) in [5, 5.41) is 1.52. The first-order valence-corrected chi connectivity index (χ1v) is 6.50. The first-order valence-electron chi connectivity index (χ1n) is 5.07. The van der Waals surface area contributed by atoms with Gasteiger partial charge in [0.05, 0.1) is 0 Å². The van der Waals surface area contributed by atoms with E-state index in [2.05, 4.69) is 11.1 Å². The standard InChI is InChI=1S/C11H14ClNS/c12-11-9(4-3-7-13-11)8-14-10-5-1-2-6-10/h3-4,7,10H,1-2,5-6,8H2. The lowest BCUT2D eigenvalue weighted by atomic mass is 10.3. The van der Waals surface area contributed by atoms with Crippen LogP contribution in [0.15, 0.2) is 18.3 Å². The number of halogens is 1. The lowest BCUT2D eigenvalue weighted by Crippen LogP contribution is -1.95. The minimum atomic E-state index is 0.665. The second-order valence-electron chi connectivity index (χ2n) is 3.67. The van der Waals surface area contributed by atoms with Crippen molar-refractivity contribution in [2.45, 2.75) is 36.7 Å². The van der Waals surface area contributed by atoms with Gasteiger partial charge in [-0.3, -0.25) is 0 Å². The number of hydrogen-bond donors (Lipinski definition) is 0. The summed E-state index contributed by atoms with van der Waals surface area (Å²) in [6.07, 6.45) is 7.30. The smallest absolute Gasteiger partial charge is 0.133 e. The van der Waals surface area contributed by atoms with Gasteiger partial charge in [0.1, 0.15) is 5.15 Å². The highest BCUT2D eigenvalue weighted by Gasteiger charge is 2.15. The molecule has 0 atom stereocenters. The van der Waals surface area contributed by atoms with Gasteiger partial charge in [0, 0.05) is 17.2 Å². The second-order valence-corrected chi connectivity index (χ2v) is 5.32. The van der Waals surface area contributed by atoms with Crippen molar-refractivity contribution in [2.24, 2.45) is 0 Å². The van der Waals surface area contributed by atoms with Gasteiger partial charge in [0.15, 0.2) is 0 Å². The van der Waals surface area contributed by atoms with E-state index in [9.17, 15) is 0 Å². The molecule has 0 bridgehead atoms. The SMILES string of the molecule is Clc1ncccc1CSC1CCCC1. The van der Waals surface area contributed by atoms with E-state index < -0.39 is 0 Å². The zero-order valence-corrected chi connectivity index (χ0v) is 9.65. The maximum atomic E-state index is 5.99. The normalized spacial score (nSPS) is 17.5. The Hall–Kier alpha value is -0.210. The van der Waals surface area contributed by atoms with Gasteiger partial charge < -0.3 is 0 Å². The number of nitrogens with zero attached hydrogens (tertiary/aromatic N) is 1. The Morgan fingerprint density at radius 2 is 2.21 bits per heavy atom. The van der Waals surface area contributed by atoms with E-state index in [1.54, 1.807) is 6.20 Å². The molecule has 0 saturated heterocycles. The van der Waals surface area contributed by atoms with E-state index in [0.717, 1.165) is 11.0 Å². The molecular formula is C11H14ClNS. The highest BCUT2D eigenvalue weighted by molar-refractivity contribution is 7.99. The summed E-state index contributed by atoms with van der Waals surface area (Å²) in [5.74, 6) is 1.01. The summed E-state index contributed by atoms with van der Waals surface area (Å²) in [7, 11) is 0. The van der Waals surface area contributed by atoms with E-state index in [1.165, 1.54) is 31.2 Å². The van der Waals surface area contributed by atoms with Gasteiger partial charge in [0.25, 0.3) is 0 Å². The van der Waals surface area contributed by atoms with Crippen LogP contribution in [0.25, 0.3) is 0 Å². The van der Waals surface area contributed by atoms with Gasteiger partial charge in [-0.05, 0) is 24.5 Å². The van der Waals surface area contributed by atoms with Gasteiger partial charge in [0.2, 0.25) is 0 Å². The summed E-state index contributed by atoms with van der Waals surface area (Å²) in [5.41, 5.74) is 1.17. The van der Waals surface area contributed by atoms with Crippen LogP contribution in [-0.2, 0) is 5.75 Å². The molecule has 1 nitrogen and oxygen atoms in total.